The molecule has 1 fully saturated rings. The maximum atomic E-state index is 7.00. The van der Waals surface area contributed by atoms with Gasteiger partial charge in [0.1, 0.15) is 0 Å². The third-order valence-corrected chi connectivity index (χ3v) is 4.53. The number of unbranched alkanes of at least 4 members (excludes halogenated alkanes) is 2. The molecule has 1 aromatic rings. The summed E-state index contributed by atoms with van der Waals surface area (Å²) in [6.45, 7) is 16.9. The Morgan fingerprint density at radius 2 is 1.50 bits per heavy atom. The Kier molecular flexibility index (Phi) is 26.9. The number of rotatable bonds is 5. The Hall–Kier alpha value is -1.16. The van der Waals surface area contributed by atoms with Gasteiger partial charge in [-0.3, -0.25) is 0 Å². The van der Waals surface area contributed by atoms with Crippen molar-refractivity contribution >= 4 is 0 Å². The standard InChI is InChI=1S/C15H21N.C5H12.C2H7N.C2H6.CH4O/c1-3-13-7-5-6-8-14(13)15(4-2)9-11-16-12-10-15;1-3-5-4-2;1-3-2;2*1-2/h4-8,16H,2-3,9-12H2,1H3;3-5H2,1-2H3;3H,1-2H3;1-2H3;2H,1H3. The molecule has 28 heavy (non-hydrogen) atoms. The fraction of sp³-hybridized carbons (Fsp3) is 0.680. The molecule has 3 nitrogen and oxygen atoms in total. The fourth-order valence-corrected chi connectivity index (χ4v) is 3.12. The van der Waals surface area contributed by atoms with Gasteiger partial charge in [0.15, 0.2) is 0 Å². The van der Waals surface area contributed by atoms with Crippen molar-refractivity contribution in [1.82, 2.24) is 10.6 Å². The Labute approximate surface area is 177 Å². The summed E-state index contributed by atoms with van der Waals surface area (Å²) >= 11 is 0. The van der Waals surface area contributed by atoms with Gasteiger partial charge in [-0.2, -0.15) is 0 Å². The monoisotopic (exact) mass is 394 g/mol. The zero-order chi connectivity index (χ0) is 22.3. The molecule has 0 bridgehead atoms. The first-order valence-corrected chi connectivity index (χ1v) is 11.1. The van der Waals surface area contributed by atoms with Crippen molar-refractivity contribution < 1.29 is 5.11 Å². The topological polar surface area (TPSA) is 44.3 Å². The molecule has 0 aromatic heterocycles. The number of hydrogen-bond donors (Lipinski definition) is 3. The van der Waals surface area contributed by atoms with Gasteiger partial charge in [0.2, 0.25) is 0 Å². The molecule has 0 unspecified atom stereocenters. The maximum Gasteiger partial charge on any atom is 0.0319 e. The molecular weight excluding hydrogens is 344 g/mol. The quantitative estimate of drug-likeness (QED) is 0.559. The molecule has 3 heteroatoms. The second kappa shape index (κ2) is 23.9. The van der Waals surface area contributed by atoms with Crippen molar-refractivity contribution in [3.63, 3.8) is 0 Å². The highest BCUT2D eigenvalue weighted by molar-refractivity contribution is 5.38. The first-order valence-electron chi connectivity index (χ1n) is 11.1. The summed E-state index contributed by atoms with van der Waals surface area (Å²) < 4.78 is 0. The zero-order valence-electron chi connectivity index (χ0n) is 20.2. The van der Waals surface area contributed by atoms with Crippen LogP contribution in [0.5, 0.6) is 0 Å². The fourth-order valence-electron chi connectivity index (χ4n) is 3.12. The second-order valence-corrected chi connectivity index (χ2v) is 6.47. The number of piperidine rings is 1. The molecule has 3 N–H and O–H groups in total. The van der Waals surface area contributed by atoms with E-state index in [0.29, 0.717) is 0 Å². The van der Waals surface area contributed by atoms with Crippen molar-refractivity contribution in [3.05, 3.63) is 48.0 Å². The van der Waals surface area contributed by atoms with Crippen LogP contribution in [0.2, 0.25) is 0 Å². The molecular formula is C25H50N2O. The second-order valence-electron chi connectivity index (χ2n) is 6.47. The van der Waals surface area contributed by atoms with Crippen LogP contribution < -0.4 is 10.6 Å². The Bertz CT molecular complexity index is 424. The number of aliphatic hydroxyl groups is 1. The molecule has 166 valence electrons. The van der Waals surface area contributed by atoms with Gasteiger partial charge in [-0.25, -0.2) is 0 Å². The first-order chi connectivity index (χ1) is 13.7. The molecule has 0 spiro atoms. The smallest absolute Gasteiger partial charge is 0.0319 e. The molecule has 1 saturated heterocycles. The van der Waals surface area contributed by atoms with E-state index < -0.39 is 0 Å². The minimum Gasteiger partial charge on any atom is -0.400 e. The predicted molar refractivity (Wildman–Crippen MR) is 129 cm³/mol. The van der Waals surface area contributed by atoms with Crippen molar-refractivity contribution in [2.24, 2.45) is 0 Å². The van der Waals surface area contributed by atoms with Crippen LogP contribution in [0.3, 0.4) is 0 Å². The van der Waals surface area contributed by atoms with Gasteiger partial charge in [0.05, 0.1) is 0 Å². The average Bonchev–Trinajstić information content (AvgIpc) is 2.78. The summed E-state index contributed by atoms with van der Waals surface area (Å²) in [4.78, 5) is 0. The highest BCUT2D eigenvalue weighted by Gasteiger charge is 2.31. The third-order valence-electron chi connectivity index (χ3n) is 4.53. The molecule has 0 saturated carbocycles. The zero-order valence-corrected chi connectivity index (χ0v) is 20.2. The minimum atomic E-state index is 0.206. The van der Waals surface area contributed by atoms with Crippen molar-refractivity contribution in [3.8, 4) is 0 Å². The largest absolute Gasteiger partial charge is 0.400 e. The summed E-state index contributed by atoms with van der Waals surface area (Å²) in [6, 6.07) is 8.83. The van der Waals surface area contributed by atoms with Gasteiger partial charge in [-0.15, -0.1) is 6.58 Å². The van der Waals surface area contributed by atoms with Crippen LogP contribution in [0.15, 0.2) is 36.9 Å². The summed E-state index contributed by atoms with van der Waals surface area (Å²) in [6.07, 6.45) is 9.70. The first kappa shape index (κ1) is 31.5. The Morgan fingerprint density at radius 3 is 1.86 bits per heavy atom. The number of allylic oxidation sites excluding steroid dienone is 1. The van der Waals surface area contributed by atoms with Gasteiger partial charge < -0.3 is 15.7 Å². The van der Waals surface area contributed by atoms with E-state index >= 15 is 0 Å². The lowest BCUT2D eigenvalue weighted by atomic mass is 9.71. The van der Waals surface area contributed by atoms with E-state index in [4.69, 9.17) is 5.11 Å². The van der Waals surface area contributed by atoms with Gasteiger partial charge in [-0.1, -0.05) is 84.2 Å². The van der Waals surface area contributed by atoms with Crippen LogP contribution in [0, 0.1) is 0 Å². The molecule has 0 atom stereocenters. The van der Waals surface area contributed by atoms with E-state index in [1.807, 2.05) is 27.9 Å². The summed E-state index contributed by atoms with van der Waals surface area (Å²) in [5, 5.41) is 13.2. The lowest BCUT2D eigenvalue weighted by molar-refractivity contribution is 0.372. The van der Waals surface area contributed by atoms with Crippen LogP contribution in [0.1, 0.15) is 77.8 Å². The number of aryl methyl sites for hydroxylation is 1. The van der Waals surface area contributed by atoms with Crippen molar-refractivity contribution in [2.45, 2.75) is 78.6 Å². The normalized spacial score (nSPS) is 13.6. The molecule has 1 aromatic carbocycles. The SMILES string of the molecule is C=CC1(c2ccccc2CC)CCNCC1.CC.CCCCC.CNC.CO. The lowest BCUT2D eigenvalue weighted by Crippen LogP contribution is -2.39. The Balaban J connectivity index is -0.000000437. The summed E-state index contributed by atoms with van der Waals surface area (Å²) in [5.74, 6) is 0. The highest BCUT2D eigenvalue weighted by Crippen LogP contribution is 2.36. The predicted octanol–water partition coefficient (Wildman–Crippen LogP) is 5.72. The Morgan fingerprint density at radius 1 is 1.04 bits per heavy atom. The minimum absolute atomic E-state index is 0.206. The molecule has 0 amide bonds. The van der Waals surface area contributed by atoms with Gasteiger partial charge in [-0.05, 0) is 57.6 Å². The van der Waals surface area contributed by atoms with Crippen LogP contribution in [0.4, 0.5) is 0 Å². The van der Waals surface area contributed by atoms with Crippen molar-refractivity contribution in [2.75, 3.05) is 34.3 Å². The molecule has 1 aliphatic heterocycles. The molecule has 1 heterocycles. The molecule has 0 radical (unpaired) electrons. The summed E-state index contributed by atoms with van der Waals surface area (Å²) in [7, 11) is 4.75. The summed E-state index contributed by atoms with van der Waals surface area (Å²) in [5.41, 5.74) is 3.18. The molecule has 2 rings (SSSR count). The van der Waals surface area contributed by atoms with Crippen LogP contribution >= 0.6 is 0 Å². The van der Waals surface area contributed by atoms with Crippen LogP contribution in [-0.4, -0.2) is 39.4 Å². The van der Waals surface area contributed by atoms with E-state index in [0.717, 1.165) is 26.6 Å². The van der Waals surface area contributed by atoms with E-state index in [1.54, 1.807) is 0 Å². The maximum absolute atomic E-state index is 7.00. The number of nitrogens with one attached hydrogen (secondary N) is 2. The van der Waals surface area contributed by atoms with E-state index in [9.17, 15) is 0 Å². The van der Waals surface area contributed by atoms with E-state index in [1.165, 1.54) is 43.2 Å². The van der Waals surface area contributed by atoms with Crippen LogP contribution in [-0.2, 0) is 11.8 Å². The lowest BCUT2D eigenvalue weighted by Gasteiger charge is -2.36. The van der Waals surface area contributed by atoms with Gasteiger partial charge >= 0.3 is 0 Å². The average molecular weight is 395 g/mol. The van der Waals surface area contributed by atoms with E-state index in [2.05, 4.69) is 68.3 Å². The highest BCUT2D eigenvalue weighted by atomic mass is 16.2. The molecule has 1 aliphatic rings. The van der Waals surface area contributed by atoms with Crippen molar-refractivity contribution in [1.29, 1.82) is 0 Å². The third kappa shape index (κ3) is 13.1. The molecule has 0 aliphatic carbocycles. The number of hydrogen-bond acceptors (Lipinski definition) is 3. The van der Waals surface area contributed by atoms with Gasteiger partial charge in [0.25, 0.3) is 0 Å². The number of benzene rings is 1. The van der Waals surface area contributed by atoms with Gasteiger partial charge in [0, 0.05) is 12.5 Å². The van der Waals surface area contributed by atoms with Crippen LogP contribution in [0.25, 0.3) is 0 Å². The van der Waals surface area contributed by atoms with E-state index in [-0.39, 0.29) is 5.41 Å². The number of aliphatic hydroxyl groups excluding tert-OH is 1.